The number of carbonyl (C=O) groups excluding carboxylic acids is 1. The molecule has 4 rings (SSSR count). The number of nitrogens with zero attached hydrogens (tertiary/aromatic N) is 1. The van der Waals surface area contributed by atoms with E-state index in [0.717, 1.165) is 24.2 Å². The van der Waals surface area contributed by atoms with Crippen LogP contribution in [0.5, 0.6) is 0 Å². The van der Waals surface area contributed by atoms with Crippen molar-refractivity contribution >= 4 is 16.7 Å². The number of H-pyrrole nitrogens is 1. The monoisotopic (exact) mass is 363 g/mol. The van der Waals surface area contributed by atoms with Crippen molar-refractivity contribution in [3.63, 3.8) is 0 Å². The van der Waals surface area contributed by atoms with Crippen LogP contribution in [-0.2, 0) is 6.42 Å². The average Bonchev–Trinajstić information content (AvgIpc) is 3.38. The third-order valence-electron chi connectivity index (χ3n) is 6.01. The maximum absolute atomic E-state index is 12.7. The molecular weight excluding hydrogens is 334 g/mol. The van der Waals surface area contributed by atoms with E-state index in [4.69, 9.17) is 0 Å². The quantitative estimate of drug-likeness (QED) is 0.471. The molecule has 0 amide bonds. The molecule has 0 atom stereocenters. The van der Waals surface area contributed by atoms with Crippen molar-refractivity contribution in [2.75, 3.05) is 13.1 Å². The van der Waals surface area contributed by atoms with E-state index >= 15 is 0 Å². The van der Waals surface area contributed by atoms with Crippen LogP contribution < -0.4 is 5.32 Å². The number of benzene rings is 1. The van der Waals surface area contributed by atoms with E-state index in [9.17, 15) is 4.79 Å². The fourth-order valence-electron chi connectivity index (χ4n) is 4.64. The topological polar surface area (TPSA) is 49.8 Å². The first-order valence-electron chi connectivity index (χ1n) is 10.1. The molecule has 4 heteroatoms. The molecule has 0 spiro atoms. The zero-order valence-electron chi connectivity index (χ0n) is 16.3. The number of carbonyl (C=O) groups is 1. The Morgan fingerprint density at radius 3 is 2.81 bits per heavy atom. The van der Waals surface area contributed by atoms with Gasteiger partial charge >= 0.3 is 0 Å². The van der Waals surface area contributed by atoms with Crippen LogP contribution in [0.25, 0.3) is 10.9 Å². The van der Waals surface area contributed by atoms with Crippen LogP contribution in [0.1, 0.15) is 59.0 Å². The highest BCUT2D eigenvalue weighted by atomic mass is 16.1. The maximum Gasteiger partial charge on any atom is 0.178 e. The Bertz CT molecular complexity index is 944. The fourth-order valence-corrected chi connectivity index (χ4v) is 4.64. The molecule has 1 saturated carbocycles. The number of para-hydroxylation sites is 1. The molecule has 1 fully saturated rings. The van der Waals surface area contributed by atoms with E-state index in [2.05, 4.69) is 59.2 Å². The summed E-state index contributed by atoms with van der Waals surface area (Å²) >= 11 is 0. The van der Waals surface area contributed by atoms with Gasteiger partial charge in [-0.2, -0.15) is 0 Å². The number of hydrogen-bond acceptors (Lipinski definition) is 2. The maximum atomic E-state index is 12.7. The molecule has 2 aromatic heterocycles. The number of ketones is 1. The van der Waals surface area contributed by atoms with Crippen LogP contribution in [0, 0.1) is 13.8 Å². The summed E-state index contributed by atoms with van der Waals surface area (Å²) in [6.07, 6.45) is 8.09. The first-order valence-corrected chi connectivity index (χ1v) is 10.1. The average molecular weight is 364 g/mol. The number of aryl methyl sites for hydroxylation is 1. The van der Waals surface area contributed by atoms with Gasteiger partial charge in [-0.25, -0.2) is 0 Å². The molecule has 1 aliphatic rings. The van der Waals surface area contributed by atoms with Crippen molar-refractivity contribution in [2.24, 2.45) is 0 Å². The van der Waals surface area contributed by atoms with Gasteiger partial charge in [-0.15, -0.1) is 0 Å². The smallest absolute Gasteiger partial charge is 0.178 e. The predicted molar refractivity (Wildman–Crippen MR) is 111 cm³/mol. The van der Waals surface area contributed by atoms with Crippen LogP contribution in [0.15, 0.2) is 36.5 Å². The van der Waals surface area contributed by atoms with Crippen molar-refractivity contribution in [1.82, 2.24) is 14.9 Å². The van der Waals surface area contributed by atoms with Gasteiger partial charge in [0.25, 0.3) is 0 Å². The summed E-state index contributed by atoms with van der Waals surface area (Å²) in [5.74, 6) is 0.200. The van der Waals surface area contributed by atoms with Crippen LogP contribution in [0.3, 0.4) is 0 Å². The molecule has 0 unspecified atom stereocenters. The summed E-state index contributed by atoms with van der Waals surface area (Å²) in [5, 5.41) is 4.61. The molecule has 27 heavy (non-hydrogen) atoms. The van der Waals surface area contributed by atoms with Crippen LogP contribution in [0.2, 0.25) is 0 Å². The Morgan fingerprint density at radius 1 is 1.22 bits per heavy atom. The molecule has 1 aliphatic carbocycles. The third kappa shape index (κ3) is 3.59. The normalized spacial score (nSPS) is 15.0. The summed E-state index contributed by atoms with van der Waals surface area (Å²) in [5.41, 5.74) is 5.72. The van der Waals surface area contributed by atoms with Gasteiger partial charge in [0, 0.05) is 40.1 Å². The minimum Gasteiger partial charge on any atom is -0.361 e. The number of aromatic nitrogens is 2. The Morgan fingerprint density at radius 2 is 2.00 bits per heavy atom. The number of nitrogens with one attached hydrogen (secondary N) is 2. The molecule has 0 aliphatic heterocycles. The van der Waals surface area contributed by atoms with E-state index in [1.54, 1.807) is 0 Å². The summed E-state index contributed by atoms with van der Waals surface area (Å²) in [7, 11) is 0. The summed E-state index contributed by atoms with van der Waals surface area (Å²) in [4.78, 5) is 16.0. The summed E-state index contributed by atoms with van der Waals surface area (Å²) in [6.45, 7) is 5.43. The third-order valence-corrected chi connectivity index (χ3v) is 6.01. The molecular formula is C23H29N3O. The molecule has 0 radical (unpaired) electrons. The van der Waals surface area contributed by atoms with Gasteiger partial charge in [0.05, 0.1) is 6.54 Å². The zero-order chi connectivity index (χ0) is 18.8. The van der Waals surface area contributed by atoms with Gasteiger partial charge in [0.1, 0.15) is 0 Å². The van der Waals surface area contributed by atoms with Gasteiger partial charge in [0.2, 0.25) is 0 Å². The van der Waals surface area contributed by atoms with Crippen molar-refractivity contribution in [3.8, 4) is 0 Å². The highest BCUT2D eigenvalue weighted by Crippen LogP contribution is 2.33. The molecule has 2 heterocycles. The molecule has 2 N–H and O–H groups in total. The van der Waals surface area contributed by atoms with Gasteiger partial charge < -0.3 is 14.9 Å². The minimum absolute atomic E-state index is 0.200. The highest BCUT2D eigenvalue weighted by molar-refractivity contribution is 5.99. The van der Waals surface area contributed by atoms with Crippen LogP contribution in [0.4, 0.5) is 0 Å². The van der Waals surface area contributed by atoms with E-state index < -0.39 is 0 Å². The molecule has 4 nitrogen and oxygen atoms in total. The highest BCUT2D eigenvalue weighted by Gasteiger charge is 2.23. The van der Waals surface area contributed by atoms with Gasteiger partial charge in [0.15, 0.2) is 5.78 Å². The van der Waals surface area contributed by atoms with Crippen molar-refractivity contribution < 1.29 is 4.79 Å². The summed E-state index contributed by atoms with van der Waals surface area (Å²) in [6, 6.07) is 11.0. The molecule has 3 aromatic rings. The zero-order valence-corrected chi connectivity index (χ0v) is 16.3. The van der Waals surface area contributed by atoms with Gasteiger partial charge in [-0.3, -0.25) is 4.79 Å². The number of Topliss-reactive ketones (excluding diaryl/α,β-unsaturated/α-hetero) is 1. The molecule has 1 aromatic carbocycles. The second-order valence-corrected chi connectivity index (χ2v) is 7.80. The Hall–Kier alpha value is -2.33. The SMILES string of the molecule is Cc1cc(C(=O)CNCCc2c[nH]c3ccccc23)c(C)n1C1CCCC1. The van der Waals surface area contributed by atoms with E-state index in [1.165, 1.54) is 47.8 Å². The lowest BCUT2D eigenvalue weighted by Crippen LogP contribution is -2.25. The summed E-state index contributed by atoms with van der Waals surface area (Å²) < 4.78 is 2.40. The fraction of sp³-hybridized carbons (Fsp3) is 0.435. The van der Waals surface area contributed by atoms with Gasteiger partial charge in [-0.05, 0) is 57.4 Å². The van der Waals surface area contributed by atoms with Gasteiger partial charge in [-0.1, -0.05) is 31.0 Å². The lowest BCUT2D eigenvalue weighted by atomic mass is 10.1. The second kappa shape index (κ2) is 7.73. The van der Waals surface area contributed by atoms with Crippen molar-refractivity contribution in [3.05, 3.63) is 59.0 Å². The first kappa shape index (κ1) is 18.1. The largest absolute Gasteiger partial charge is 0.361 e. The second-order valence-electron chi connectivity index (χ2n) is 7.80. The number of fused-ring (bicyclic) bond motifs is 1. The lowest BCUT2D eigenvalue weighted by Gasteiger charge is -2.17. The number of hydrogen-bond donors (Lipinski definition) is 2. The van der Waals surface area contributed by atoms with Crippen molar-refractivity contribution in [1.29, 1.82) is 0 Å². The van der Waals surface area contributed by atoms with Crippen LogP contribution >= 0.6 is 0 Å². The number of aromatic amines is 1. The minimum atomic E-state index is 0.200. The molecule has 142 valence electrons. The molecule has 0 bridgehead atoms. The van der Waals surface area contributed by atoms with E-state index in [1.807, 2.05) is 6.07 Å². The lowest BCUT2D eigenvalue weighted by molar-refractivity contribution is 0.0990. The van der Waals surface area contributed by atoms with Crippen LogP contribution in [-0.4, -0.2) is 28.4 Å². The number of rotatable bonds is 7. The Labute approximate surface area is 161 Å². The predicted octanol–water partition coefficient (Wildman–Crippen LogP) is 4.72. The van der Waals surface area contributed by atoms with E-state index in [0.29, 0.717) is 12.6 Å². The van der Waals surface area contributed by atoms with Crippen molar-refractivity contribution in [2.45, 2.75) is 52.0 Å². The Balaban J connectivity index is 1.35. The molecule has 0 saturated heterocycles. The Kier molecular flexibility index (Phi) is 5.17. The van der Waals surface area contributed by atoms with E-state index in [-0.39, 0.29) is 5.78 Å². The first-order chi connectivity index (χ1) is 13.1. The standard InChI is InChI=1S/C23H29N3O/c1-16-13-21(17(2)26(16)19-7-3-4-8-19)23(27)15-24-12-11-18-14-25-22-10-6-5-9-20(18)22/h5-6,9-10,13-14,19,24-25H,3-4,7-8,11-12,15H2,1-2H3.